The van der Waals surface area contributed by atoms with Crippen molar-refractivity contribution in [2.24, 2.45) is 0 Å². The van der Waals surface area contributed by atoms with E-state index in [0.29, 0.717) is 5.69 Å². The minimum absolute atomic E-state index is 0.0210. The van der Waals surface area contributed by atoms with Crippen LogP contribution in [0, 0.1) is 5.82 Å². The molecule has 31 heavy (non-hydrogen) atoms. The molecular formula is C20H11ClF4N4OS. The Labute approximate surface area is 181 Å². The Morgan fingerprint density at radius 1 is 1.03 bits per heavy atom. The maximum Gasteiger partial charge on any atom is 0.446 e. The number of alkyl halides is 3. The average Bonchev–Trinajstić information content (AvgIpc) is 3.18. The van der Waals surface area contributed by atoms with Gasteiger partial charge >= 0.3 is 5.51 Å². The fourth-order valence-electron chi connectivity index (χ4n) is 2.88. The van der Waals surface area contributed by atoms with Gasteiger partial charge in [-0.3, -0.25) is 4.79 Å². The summed E-state index contributed by atoms with van der Waals surface area (Å²) in [5, 5.41) is 8.21. The molecule has 0 fully saturated rings. The van der Waals surface area contributed by atoms with E-state index in [9.17, 15) is 22.4 Å². The van der Waals surface area contributed by atoms with Crippen molar-refractivity contribution in [2.75, 3.05) is 0 Å². The van der Waals surface area contributed by atoms with Crippen LogP contribution in [0.25, 0.3) is 22.8 Å². The van der Waals surface area contributed by atoms with E-state index in [2.05, 4.69) is 10.2 Å². The van der Waals surface area contributed by atoms with Gasteiger partial charge in [0.05, 0.1) is 22.6 Å². The Bertz CT molecular complexity index is 1320. The molecule has 2 aromatic carbocycles. The third-order valence-electron chi connectivity index (χ3n) is 4.17. The molecule has 0 spiro atoms. The van der Waals surface area contributed by atoms with Crippen LogP contribution in [0.5, 0.6) is 0 Å². The van der Waals surface area contributed by atoms with Gasteiger partial charge < -0.3 is 0 Å². The van der Waals surface area contributed by atoms with E-state index in [1.807, 2.05) is 0 Å². The van der Waals surface area contributed by atoms with Crippen molar-refractivity contribution in [2.45, 2.75) is 10.4 Å². The molecule has 0 aliphatic heterocycles. The number of thioether (sulfide) groups is 1. The summed E-state index contributed by atoms with van der Waals surface area (Å²) in [6.07, 6.45) is 2.71. The Balaban J connectivity index is 1.80. The zero-order valence-electron chi connectivity index (χ0n) is 15.3. The fraction of sp³-hybridized carbons (Fsp3) is 0.0500. The molecule has 0 aliphatic rings. The summed E-state index contributed by atoms with van der Waals surface area (Å²) in [5.74, 6) is -0.720. The smallest absolute Gasteiger partial charge is 0.287 e. The number of benzene rings is 2. The lowest BCUT2D eigenvalue weighted by molar-refractivity contribution is -0.0328. The minimum Gasteiger partial charge on any atom is -0.287 e. The van der Waals surface area contributed by atoms with Gasteiger partial charge in [0.1, 0.15) is 5.69 Å². The number of rotatable bonds is 4. The summed E-state index contributed by atoms with van der Waals surface area (Å²) in [6, 6.07) is 12.7. The first-order chi connectivity index (χ1) is 14.7. The molecule has 5 nitrogen and oxygen atoms in total. The first-order valence-electron chi connectivity index (χ1n) is 8.68. The molecule has 0 unspecified atom stereocenters. The summed E-state index contributed by atoms with van der Waals surface area (Å²) in [4.78, 5) is 12.5. The molecule has 0 amide bonds. The van der Waals surface area contributed by atoms with E-state index in [-0.39, 0.29) is 38.8 Å². The van der Waals surface area contributed by atoms with Crippen molar-refractivity contribution in [1.29, 1.82) is 0 Å². The molecule has 0 N–H and O–H groups in total. The summed E-state index contributed by atoms with van der Waals surface area (Å²) in [5.41, 5.74) is -4.44. The van der Waals surface area contributed by atoms with E-state index in [4.69, 9.17) is 11.6 Å². The van der Waals surface area contributed by atoms with Crippen LogP contribution in [0.15, 0.2) is 76.7 Å². The third kappa shape index (κ3) is 4.49. The molecule has 11 heteroatoms. The number of nitrogens with zero attached hydrogens (tertiary/aromatic N) is 4. The van der Waals surface area contributed by atoms with Gasteiger partial charge in [0.2, 0.25) is 5.43 Å². The number of hydrogen-bond donors (Lipinski definition) is 0. The van der Waals surface area contributed by atoms with Crippen molar-refractivity contribution in [3.63, 3.8) is 0 Å². The van der Waals surface area contributed by atoms with Gasteiger partial charge in [0.15, 0.2) is 11.5 Å². The van der Waals surface area contributed by atoms with Crippen LogP contribution in [-0.2, 0) is 0 Å². The van der Waals surface area contributed by atoms with Crippen LogP contribution in [-0.4, -0.2) is 25.1 Å². The van der Waals surface area contributed by atoms with E-state index in [1.54, 1.807) is 6.07 Å². The van der Waals surface area contributed by atoms with Gasteiger partial charge in [-0.25, -0.2) is 13.8 Å². The summed E-state index contributed by atoms with van der Waals surface area (Å²) >= 11 is 5.59. The highest BCUT2D eigenvalue weighted by Crippen LogP contribution is 2.37. The van der Waals surface area contributed by atoms with Crippen LogP contribution >= 0.6 is 23.4 Å². The van der Waals surface area contributed by atoms with E-state index in [0.717, 1.165) is 0 Å². The predicted octanol–water partition coefficient (Wildman–Crippen LogP) is 5.49. The second kappa shape index (κ2) is 8.20. The van der Waals surface area contributed by atoms with Gasteiger partial charge in [-0.05, 0) is 48.2 Å². The van der Waals surface area contributed by atoms with E-state index in [1.165, 1.54) is 70.3 Å². The fourth-order valence-corrected chi connectivity index (χ4v) is 3.65. The topological polar surface area (TPSA) is 52.7 Å². The standard InChI is InChI=1S/C20H11ClF4N4OS/c21-14-5-2-6-15(18(14)22)29-16(7-9-26-29)19-17(30)8-10-28(27-19)12-3-1-4-13(11-12)31-20(23,24)25/h1-11H. The maximum atomic E-state index is 14.5. The van der Waals surface area contributed by atoms with Crippen molar-refractivity contribution in [3.05, 3.63) is 88.1 Å². The van der Waals surface area contributed by atoms with Crippen LogP contribution in [0.4, 0.5) is 17.6 Å². The van der Waals surface area contributed by atoms with Crippen LogP contribution < -0.4 is 5.43 Å². The molecule has 2 aromatic heterocycles. The first kappa shape index (κ1) is 21.1. The average molecular weight is 467 g/mol. The van der Waals surface area contributed by atoms with Gasteiger partial charge in [-0.15, -0.1) is 0 Å². The number of halogens is 5. The van der Waals surface area contributed by atoms with Gasteiger partial charge in [0, 0.05) is 17.2 Å². The Hall–Kier alpha value is -3.11. The highest BCUT2D eigenvalue weighted by Gasteiger charge is 2.29. The van der Waals surface area contributed by atoms with Crippen LogP contribution in [0.3, 0.4) is 0 Å². The Kier molecular flexibility index (Phi) is 5.59. The molecule has 4 aromatic rings. The zero-order chi connectivity index (χ0) is 22.2. The molecule has 0 atom stereocenters. The second-order valence-electron chi connectivity index (χ2n) is 6.22. The largest absolute Gasteiger partial charge is 0.446 e. The van der Waals surface area contributed by atoms with Gasteiger partial charge in [-0.1, -0.05) is 23.7 Å². The molecule has 158 valence electrons. The molecule has 0 saturated carbocycles. The first-order valence-corrected chi connectivity index (χ1v) is 9.87. The van der Waals surface area contributed by atoms with Crippen molar-refractivity contribution in [1.82, 2.24) is 19.6 Å². The molecule has 0 radical (unpaired) electrons. The van der Waals surface area contributed by atoms with Crippen molar-refractivity contribution >= 4 is 23.4 Å². The molecule has 0 bridgehead atoms. The molecule has 2 heterocycles. The maximum absolute atomic E-state index is 14.5. The molecule has 4 rings (SSSR count). The normalized spacial score (nSPS) is 11.6. The molecule has 0 saturated heterocycles. The lowest BCUT2D eigenvalue weighted by atomic mass is 10.2. The minimum atomic E-state index is -4.44. The van der Waals surface area contributed by atoms with E-state index < -0.39 is 16.8 Å². The second-order valence-corrected chi connectivity index (χ2v) is 7.77. The Morgan fingerprint density at radius 3 is 2.58 bits per heavy atom. The van der Waals surface area contributed by atoms with Crippen LogP contribution in [0.1, 0.15) is 0 Å². The Morgan fingerprint density at radius 2 is 1.81 bits per heavy atom. The summed E-state index contributed by atoms with van der Waals surface area (Å²) in [6.45, 7) is 0. The molecule has 0 aliphatic carbocycles. The highest BCUT2D eigenvalue weighted by molar-refractivity contribution is 8.00. The quantitative estimate of drug-likeness (QED) is 0.295. The molecular weight excluding hydrogens is 456 g/mol. The lowest BCUT2D eigenvalue weighted by Gasteiger charge is -2.12. The monoisotopic (exact) mass is 466 g/mol. The third-order valence-corrected chi connectivity index (χ3v) is 5.18. The SMILES string of the molecule is O=c1ccn(-c2cccc(SC(F)(F)F)c2)nc1-c1ccnn1-c1cccc(Cl)c1F. The van der Waals surface area contributed by atoms with Gasteiger partial charge in [-0.2, -0.15) is 23.4 Å². The highest BCUT2D eigenvalue weighted by atomic mass is 35.5. The van der Waals surface area contributed by atoms with Crippen molar-refractivity contribution < 1.29 is 17.6 Å². The predicted molar refractivity (Wildman–Crippen MR) is 109 cm³/mol. The number of aromatic nitrogens is 4. The van der Waals surface area contributed by atoms with Crippen molar-refractivity contribution in [3.8, 4) is 22.8 Å². The van der Waals surface area contributed by atoms with E-state index >= 15 is 0 Å². The zero-order valence-corrected chi connectivity index (χ0v) is 16.9. The van der Waals surface area contributed by atoms with Gasteiger partial charge in [0.25, 0.3) is 0 Å². The summed E-state index contributed by atoms with van der Waals surface area (Å²) < 4.78 is 55.0. The number of hydrogen-bond acceptors (Lipinski definition) is 4. The van der Waals surface area contributed by atoms with Crippen LogP contribution in [0.2, 0.25) is 5.02 Å². The summed E-state index contributed by atoms with van der Waals surface area (Å²) in [7, 11) is 0. The lowest BCUT2D eigenvalue weighted by Crippen LogP contribution is -2.15.